The first-order valence-electron chi connectivity index (χ1n) is 12.2. The quantitative estimate of drug-likeness (QED) is 0.417. The highest BCUT2D eigenvalue weighted by Gasteiger charge is 2.29. The van der Waals surface area contributed by atoms with Gasteiger partial charge in [-0.05, 0) is 56.3 Å². The molecule has 0 aliphatic carbocycles. The normalized spacial score (nSPS) is 14.5. The van der Waals surface area contributed by atoms with Crippen LogP contribution in [0.2, 0.25) is 0 Å². The number of amides is 1. The summed E-state index contributed by atoms with van der Waals surface area (Å²) in [4.78, 5) is 13.3. The van der Waals surface area contributed by atoms with Gasteiger partial charge in [0.05, 0.1) is 41.5 Å². The highest BCUT2D eigenvalue weighted by atomic mass is 32.2. The molecule has 1 heterocycles. The minimum Gasteiger partial charge on any atom is -0.495 e. The van der Waals surface area contributed by atoms with E-state index in [0.29, 0.717) is 18.9 Å². The Bertz CT molecular complexity index is 1530. The molecule has 4 rings (SSSR count). The van der Waals surface area contributed by atoms with Crippen LogP contribution >= 0.6 is 0 Å². The predicted molar refractivity (Wildman–Crippen MR) is 148 cm³/mol. The van der Waals surface area contributed by atoms with Crippen LogP contribution < -0.4 is 14.4 Å². The van der Waals surface area contributed by atoms with Crippen molar-refractivity contribution in [3.05, 3.63) is 77.9 Å². The Balaban J connectivity index is 1.65. The lowest BCUT2D eigenvalue weighted by Crippen LogP contribution is -2.40. The second kappa shape index (κ2) is 11.7. The monoisotopic (exact) mass is 573 g/mol. The number of ether oxygens (including phenoxy) is 2. The number of hydrogen-bond donors (Lipinski definition) is 1. The number of morpholine rings is 1. The molecular formula is C27H31N3O7S2. The molecule has 10 nitrogen and oxygen atoms in total. The molecule has 0 bridgehead atoms. The molecule has 1 saturated heterocycles. The molecule has 0 spiro atoms. The fourth-order valence-electron chi connectivity index (χ4n) is 4.06. The molecule has 39 heavy (non-hydrogen) atoms. The molecule has 0 saturated carbocycles. The van der Waals surface area contributed by atoms with Crippen LogP contribution in [0, 0.1) is 13.8 Å². The van der Waals surface area contributed by atoms with Crippen molar-refractivity contribution in [1.82, 2.24) is 4.31 Å². The van der Waals surface area contributed by atoms with Crippen molar-refractivity contribution in [2.24, 2.45) is 0 Å². The topological polar surface area (TPSA) is 122 Å². The number of carbonyl (C=O) groups excluding carboxylic acids is 1. The Morgan fingerprint density at radius 3 is 2.05 bits per heavy atom. The second-order valence-electron chi connectivity index (χ2n) is 9.09. The van der Waals surface area contributed by atoms with E-state index in [-0.39, 0.29) is 34.3 Å². The molecule has 1 aliphatic heterocycles. The lowest BCUT2D eigenvalue weighted by molar-refractivity contribution is -0.114. The van der Waals surface area contributed by atoms with Crippen LogP contribution in [0.3, 0.4) is 0 Å². The number of methoxy groups -OCH3 is 1. The van der Waals surface area contributed by atoms with Gasteiger partial charge in [0.15, 0.2) is 0 Å². The maximum absolute atomic E-state index is 13.6. The molecule has 1 amide bonds. The van der Waals surface area contributed by atoms with E-state index in [1.54, 1.807) is 36.4 Å². The smallest absolute Gasteiger partial charge is 0.264 e. The standard InChI is InChI=1S/C27H31N3O7S2/c1-20-4-8-22(9-5-20)30(39(34,35)23-10-6-21(2)7-11-23)19-27(31)28-25-18-24(12-13-26(25)36-3)38(32,33)29-14-16-37-17-15-29/h4-13,18H,14-17,19H2,1-3H3,(H,28,31). The number of hydrogen-bond acceptors (Lipinski definition) is 7. The van der Waals surface area contributed by atoms with Crippen molar-refractivity contribution in [3.63, 3.8) is 0 Å². The van der Waals surface area contributed by atoms with Crippen molar-refractivity contribution in [2.45, 2.75) is 23.6 Å². The van der Waals surface area contributed by atoms with Crippen molar-refractivity contribution in [3.8, 4) is 5.75 Å². The summed E-state index contributed by atoms with van der Waals surface area (Å²) in [6, 6.07) is 17.3. The van der Waals surface area contributed by atoms with Gasteiger partial charge < -0.3 is 14.8 Å². The molecule has 3 aromatic rings. The number of carbonyl (C=O) groups is 1. The maximum atomic E-state index is 13.6. The average molecular weight is 574 g/mol. The predicted octanol–water partition coefficient (Wildman–Crippen LogP) is 3.17. The van der Waals surface area contributed by atoms with Crippen molar-refractivity contribution in [2.75, 3.05) is 49.6 Å². The van der Waals surface area contributed by atoms with E-state index in [1.807, 2.05) is 13.8 Å². The van der Waals surface area contributed by atoms with E-state index in [0.717, 1.165) is 15.4 Å². The molecule has 0 unspecified atom stereocenters. The largest absolute Gasteiger partial charge is 0.495 e. The second-order valence-corrected chi connectivity index (χ2v) is 12.9. The van der Waals surface area contributed by atoms with E-state index in [2.05, 4.69) is 5.32 Å². The van der Waals surface area contributed by atoms with Crippen LogP contribution in [0.4, 0.5) is 11.4 Å². The Morgan fingerprint density at radius 1 is 0.897 bits per heavy atom. The summed E-state index contributed by atoms with van der Waals surface area (Å²) in [6.45, 7) is 4.20. The Labute approximate surface area is 229 Å². The van der Waals surface area contributed by atoms with Gasteiger partial charge in [-0.1, -0.05) is 35.4 Å². The Kier molecular flexibility index (Phi) is 8.60. The van der Waals surface area contributed by atoms with Crippen LogP contribution in [-0.2, 0) is 29.6 Å². The lowest BCUT2D eigenvalue weighted by Gasteiger charge is -2.26. The lowest BCUT2D eigenvalue weighted by atomic mass is 10.2. The van der Waals surface area contributed by atoms with Crippen molar-refractivity contribution in [1.29, 1.82) is 0 Å². The van der Waals surface area contributed by atoms with Gasteiger partial charge in [0.1, 0.15) is 12.3 Å². The van der Waals surface area contributed by atoms with Gasteiger partial charge >= 0.3 is 0 Å². The number of nitrogens with one attached hydrogen (secondary N) is 1. The highest BCUT2D eigenvalue weighted by Crippen LogP contribution is 2.30. The Hall–Kier alpha value is -3.45. The molecule has 208 valence electrons. The number of rotatable bonds is 9. The van der Waals surface area contributed by atoms with E-state index in [9.17, 15) is 21.6 Å². The molecule has 3 aromatic carbocycles. The van der Waals surface area contributed by atoms with Crippen LogP contribution in [0.5, 0.6) is 5.75 Å². The summed E-state index contributed by atoms with van der Waals surface area (Å²) in [7, 11) is -6.55. The third-order valence-corrected chi connectivity index (χ3v) is 9.95. The van der Waals surface area contributed by atoms with Gasteiger partial charge in [0, 0.05) is 13.1 Å². The van der Waals surface area contributed by atoms with E-state index in [1.165, 1.54) is 41.7 Å². The average Bonchev–Trinajstić information content (AvgIpc) is 2.93. The molecule has 1 fully saturated rings. The van der Waals surface area contributed by atoms with Gasteiger partial charge in [-0.2, -0.15) is 4.31 Å². The fraction of sp³-hybridized carbons (Fsp3) is 0.296. The third kappa shape index (κ3) is 6.41. The summed E-state index contributed by atoms with van der Waals surface area (Å²) >= 11 is 0. The molecule has 0 atom stereocenters. The molecule has 1 aliphatic rings. The molecule has 1 N–H and O–H groups in total. The van der Waals surface area contributed by atoms with E-state index >= 15 is 0 Å². The third-order valence-electron chi connectivity index (χ3n) is 6.27. The summed E-state index contributed by atoms with van der Waals surface area (Å²) in [5.74, 6) is -0.446. The number of benzene rings is 3. The number of anilines is 2. The number of aryl methyl sites for hydroxylation is 2. The summed E-state index contributed by atoms with van der Waals surface area (Å²) in [5.41, 5.74) is 2.24. The SMILES string of the molecule is COc1ccc(S(=O)(=O)N2CCOCC2)cc1NC(=O)CN(c1ccc(C)cc1)S(=O)(=O)c1ccc(C)cc1. The van der Waals surface area contributed by atoms with Crippen molar-refractivity contribution >= 4 is 37.3 Å². The zero-order valence-corrected chi connectivity index (χ0v) is 23.6. The van der Waals surface area contributed by atoms with Crippen LogP contribution in [0.1, 0.15) is 11.1 Å². The fourth-order valence-corrected chi connectivity index (χ4v) is 6.92. The van der Waals surface area contributed by atoms with Gasteiger partial charge in [-0.3, -0.25) is 9.10 Å². The minimum absolute atomic E-state index is 0.0248. The zero-order valence-electron chi connectivity index (χ0n) is 22.0. The summed E-state index contributed by atoms with van der Waals surface area (Å²) < 4.78 is 66.5. The summed E-state index contributed by atoms with van der Waals surface area (Å²) in [6.07, 6.45) is 0. The summed E-state index contributed by atoms with van der Waals surface area (Å²) in [5, 5.41) is 2.64. The van der Waals surface area contributed by atoms with Crippen LogP contribution in [-0.4, -0.2) is 67.0 Å². The number of nitrogens with zero attached hydrogens (tertiary/aromatic N) is 2. The Morgan fingerprint density at radius 2 is 1.46 bits per heavy atom. The molecule has 12 heteroatoms. The first kappa shape index (κ1) is 28.6. The molecular weight excluding hydrogens is 542 g/mol. The van der Waals surface area contributed by atoms with Gasteiger partial charge in [0.2, 0.25) is 15.9 Å². The van der Waals surface area contributed by atoms with Crippen LogP contribution in [0.25, 0.3) is 0 Å². The minimum atomic E-state index is -4.11. The van der Waals surface area contributed by atoms with E-state index in [4.69, 9.17) is 9.47 Å². The van der Waals surface area contributed by atoms with Crippen molar-refractivity contribution < 1.29 is 31.1 Å². The number of sulfonamides is 2. The first-order valence-corrected chi connectivity index (χ1v) is 15.1. The maximum Gasteiger partial charge on any atom is 0.264 e. The van der Waals surface area contributed by atoms with Gasteiger partial charge in [0.25, 0.3) is 10.0 Å². The molecule has 0 radical (unpaired) electrons. The first-order chi connectivity index (χ1) is 18.5. The van der Waals surface area contributed by atoms with Gasteiger partial charge in [-0.15, -0.1) is 0 Å². The van der Waals surface area contributed by atoms with Crippen LogP contribution in [0.15, 0.2) is 76.5 Å². The van der Waals surface area contributed by atoms with E-state index < -0.39 is 32.5 Å². The molecule has 0 aromatic heterocycles. The highest BCUT2D eigenvalue weighted by molar-refractivity contribution is 7.92. The zero-order chi connectivity index (χ0) is 28.2. The van der Waals surface area contributed by atoms with Gasteiger partial charge in [-0.25, -0.2) is 16.8 Å².